The Balaban J connectivity index is 0.00000264. The molecular formula is C14H22ClN3O4S. The Hall–Kier alpha value is -1.35. The Labute approximate surface area is 143 Å². The second-order valence-corrected chi connectivity index (χ2v) is 6.93. The van der Waals surface area contributed by atoms with Crippen LogP contribution in [0.15, 0.2) is 29.2 Å². The van der Waals surface area contributed by atoms with Crippen LogP contribution in [0.3, 0.4) is 0 Å². The van der Waals surface area contributed by atoms with E-state index >= 15 is 0 Å². The number of nitrogens with zero attached hydrogens (tertiary/aromatic N) is 2. The van der Waals surface area contributed by atoms with Gasteiger partial charge in [-0.2, -0.15) is 4.31 Å². The molecule has 0 radical (unpaired) electrons. The minimum Gasteiger partial charge on any atom is -0.497 e. The van der Waals surface area contributed by atoms with Gasteiger partial charge in [0.1, 0.15) is 5.75 Å². The smallest absolute Gasteiger partial charge is 0.243 e. The number of carbonyl (C=O) groups is 1. The molecule has 1 fully saturated rings. The monoisotopic (exact) mass is 363 g/mol. The van der Waals surface area contributed by atoms with Crippen molar-refractivity contribution in [3.63, 3.8) is 0 Å². The molecule has 0 atom stereocenters. The molecule has 0 bridgehead atoms. The molecule has 1 N–H and O–H groups in total. The number of nitrogens with one attached hydrogen (secondary N) is 1. The fourth-order valence-corrected chi connectivity index (χ4v) is 3.76. The van der Waals surface area contributed by atoms with Crippen molar-refractivity contribution < 1.29 is 17.9 Å². The molecule has 0 aromatic heterocycles. The van der Waals surface area contributed by atoms with E-state index in [4.69, 9.17) is 4.74 Å². The molecular weight excluding hydrogens is 342 g/mol. The van der Waals surface area contributed by atoms with Gasteiger partial charge in [0.15, 0.2) is 0 Å². The van der Waals surface area contributed by atoms with Gasteiger partial charge in [-0.25, -0.2) is 8.42 Å². The van der Waals surface area contributed by atoms with Gasteiger partial charge in [0, 0.05) is 26.2 Å². The molecule has 1 aliphatic rings. The van der Waals surface area contributed by atoms with Crippen LogP contribution in [-0.2, 0) is 14.8 Å². The van der Waals surface area contributed by atoms with E-state index < -0.39 is 10.0 Å². The zero-order valence-electron chi connectivity index (χ0n) is 13.2. The summed E-state index contributed by atoms with van der Waals surface area (Å²) in [7, 11) is -0.281. The lowest BCUT2D eigenvalue weighted by atomic mass is 10.3. The maximum atomic E-state index is 12.6. The minimum absolute atomic E-state index is 0. The van der Waals surface area contributed by atoms with Crippen molar-refractivity contribution in [2.24, 2.45) is 0 Å². The van der Waals surface area contributed by atoms with Crippen LogP contribution >= 0.6 is 12.4 Å². The molecule has 1 aromatic carbocycles. The second-order valence-electron chi connectivity index (χ2n) is 4.99. The maximum absolute atomic E-state index is 12.6. The third-order valence-corrected chi connectivity index (χ3v) is 5.53. The van der Waals surface area contributed by atoms with Crippen molar-refractivity contribution in [2.45, 2.75) is 4.90 Å². The Morgan fingerprint density at radius 1 is 1.17 bits per heavy atom. The van der Waals surface area contributed by atoms with Crippen molar-refractivity contribution in [3.8, 4) is 5.75 Å². The van der Waals surface area contributed by atoms with Gasteiger partial charge >= 0.3 is 0 Å². The molecule has 1 amide bonds. The van der Waals surface area contributed by atoms with Crippen molar-refractivity contribution in [1.82, 2.24) is 14.5 Å². The fraction of sp³-hybridized carbons (Fsp3) is 0.500. The van der Waals surface area contributed by atoms with Crippen molar-refractivity contribution in [2.75, 3.05) is 46.9 Å². The van der Waals surface area contributed by atoms with E-state index in [0.29, 0.717) is 31.9 Å². The van der Waals surface area contributed by atoms with E-state index in [2.05, 4.69) is 5.32 Å². The van der Waals surface area contributed by atoms with E-state index in [1.807, 2.05) is 0 Å². The Bertz CT molecular complexity index is 613. The number of methoxy groups -OCH3 is 1. The van der Waals surface area contributed by atoms with Crippen molar-refractivity contribution in [1.29, 1.82) is 0 Å². The lowest BCUT2D eigenvalue weighted by molar-refractivity contribution is -0.131. The van der Waals surface area contributed by atoms with Crippen LogP contribution in [0, 0.1) is 0 Å². The summed E-state index contributed by atoms with van der Waals surface area (Å²) >= 11 is 0. The molecule has 23 heavy (non-hydrogen) atoms. The van der Waals surface area contributed by atoms with Gasteiger partial charge in [-0.15, -0.1) is 12.4 Å². The number of rotatable bonds is 5. The third-order valence-electron chi connectivity index (χ3n) is 3.62. The first-order chi connectivity index (χ1) is 10.5. The summed E-state index contributed by atoms with van der Waals surface area (Å²) in [6.07, 6.45) is 0. The lowest BCUT2D eigenvalue weighted by Crippen LogP contribution is -2.52. The summed E-state index contributed by atoms with van der Waals surface area (Å²) in [6, 6.07) is 6.32. The predicted octanol–water partition coefficient (Wildman–Crippen LogP) is 0.169. The van der Waals surface area contributed by atoms with E-state index in [0.717, 1.165) is 0 Å². The average Bonchev–Trinajstić information content (AvgIpc) is 2.55. The van der Waals surface area contributed by atoms with Crippen molar-refractivity contribution >= 4 is 28.3 Å². The van der Waals surface area contributed by atoms with Gasteiger partial charge < -0.3 is 15.0 Å². The van der Waals surface area contributed by atoms with Gasteiger partial charge in [-0.1, -0.05) is 0 Å². The van der Waals surface area contributed by atoms with Gasteiger partial charge in [0.2, 0.25) is 15.9 Å². The largest absolute Gasteiger partial charge is 0.497 e. The molecule has 9 heteroatoms. The number of piperazine rings is 1. The summed E-state index contributed by atoms with van der Waals surface area (Å²) in [5.74, 6) is 0.602. The number of likely N-dealkylation sites (N-methyl/N-ethyl adjacent to an activating group) is 1. The first-order valence-corrected chi connectivity index (χ1v) is 8.49. The normalized spacial score (nSPS) is 15.8. The number of sulfonamides is 1. The molecule has 0 spiro atoms. The number of amides is 1. The van der Waals surface area contributed by atoms with Crippen molar-refractivity contribution in [3.05, 3.63) is 24.3 Å². The molecule has 1 heterocycles. The number of halogens is 1. The number of carbonyl (C=O) groups excluding carboxylic acids is 1. The number of ether oxygens (including phenoxy) is 1. The summed E-state index contributed by atoms with van der Waals surface area (Å²) in [5.41, 5.74) is 0. The Morgan fingerprint density at radius 2 is 1.74 bits per heavy atom. The first kappa shape index (κ1) is 19.7. The van der Waals surface area contributed by atoms with Crippen LogP contribution in [0.2, 0.25) is 0 Å². The van der Waals surface area contributed by atoms with E-state index in [1.165, 1.54) is 23.5 Å². The van der Waals surface area contributed by atoms with Gasteiger partial charge in [0.25, 0.3) is 0 Å². The highest BCUT2D eigenvalue weighted by molar-refractivity contribution is 7.89. The minimum atomic E-state index is -3.52. The van der Waals surface area contributed by atoms with Crippen LogP contribution in [0.4, 0.5) is 0 Å². The zero-order valence-corrected chi connectivity index (χ0v) is 14.8. The number of hydrogen-bond donors (Lipinski definition) is 1. The van der Waals surface area contributed by atoms with Gasteiger partial charge in [0.05, 0.1) is 18.6 Å². The number of hydrogen-bond acceptors (Lipinski definition) is 5. The summed E-state index contributed by atoms with van der Waals surface area (Å²) < 4.78 is 31.6. The Morgan fingerprint density at radius 3 is 2.22 bits per heavy atom. The SMILES string of the molecule is CNCC(=O)N1CCN(S(=O)(=O)c2ccc(OC)cc2)CC1.Cl. The molecule has 0 unspecified atom stereocenters. The molecule has 0 saturated carbocycles. The first-order valence-electron chi connectivity index (χ1n) is 7.05. The number of benzene rings is 1. The summed E-state index contributed by atoms with van der Waals surface area (Å²) in [4.78, 5) is 13.7. The van der Waals surface area contributed by atoms with Crippen LogP contribution in [0.25, 0.3) is 0 Å². The average molecular weight is 364 g/mol. The van der Waals surface area contributed by atoms with Crippen LogP contribution < -0.4 is 10.1 Å². The summed E-state index contributed by atoms with van der Waals surface area (Å²) in [5, 5.41) is 2.81. The topological polar surface area (TPSA) is 79.0 Å². The standard InChI is InChI=1S/C14H21N3O4S.ClH/c1-15-11-14(18)16-7-9-17(10-8-16)22(19,20)13-5-3-12(21-2)4-6-13;/h3-6,15H,7-11H2,1-2H3;1H. The van der Waals surface area contributed by atoms with Crippen LogP contribution in [0.1, 0.15) is 0 Å². The lowest BCUT2D eigenvalue weighted by Gasteiger charge is -2.34. The molecule has 1 saturated heterocycles. The van der Waals surface area contributed by atoms with E-state index in [9.17, 15) is 13.2 Å². The molecule has 0 aliphatic carbocycles. The summed E-state index contributed by atoms with van der Waals surface area (Å²) in [6.45, 7) is 1.71. The quantitative estimate of drug-likeness (QED) is 0.806. The Kier molecular flexibility index (Phi) is 7.27. The highest BCUT2D eigenvalue weighted by Gasteiger charge is 2.29. The zero-order chi connectivity index (χ0) is 16.2. The highest BCUT2D eigenvalue weighted by atomic mass is 35.5. The molecule has 1 aromatic rings. The molecule has 2 rings (SSSR count). The second kappa shape index (κ2) is 8.49. The van der Waals surface area contributed by atoms with E-state index in [1.54, 1.807) is 24.1 Å². The molecule has 130 valence electrons. The fourth-order valence-electron chi connectivity index (χ4n) is 2.34. The van der Waals surface area contributed by atoms with Crippen LogP contribution in [0.5, 0.6) is 5.75 Å². The molecule has 7 nitrogen and oxygen atoms in total. The highest BCUT2D eigenvalue weighted by Crippen LogP contribution is 2.20. The maximum Gasteiger partial charge on any atom is 0.243 e. The van der Waals surface area contributed by atoms with Gasteiger partial charge in [-0.3, -0.25) is 4.79 Å². The van der Waals surface area contributed by atoms with E-state index in [-0.39, 0.29) is 29.8 Å². The van der Waals surface area contributed by atoms with Gasteiger partial charge in [-0.05, 0) is 31.3 Å². The van der Waals surface area contributed by atoms with Crippen LogP contribution in [-0.4, -0.2) is 70.4 Å². The predicted molar refractivity (Wildman–Crippen MR) is 89.5 cm³/mol. The molecule has 1 aliphatic heterocycles. The third kappa shape index (κ3) is 4.57.